The number of nitrogens with one attached hydrogen (secondary N) is 3. The van der Waals surface area contributed by atoms with Crippen LogP contribution in [0.3, 0.4) is 0 Å². The number of anilines is 1. The van der Waals surface area contributed by atoms with Crippen molar-refractivity contribution >= 4 is 79.8 Å². The van der Waals surface area contributed by atoms with Gasteiger partial charge in [0.05, 0.1) is 12.6 Å². The zero-order valence-corrected chi connectivity index (χ0v) is 28.5. The highest BCUT2D eigenvalue weighted by atomic mass is 35.5. The second-order valence-corrected chi connectivity index (χ2v) is 13.8. The largest absolute Gasteiger partial charge is 0.449 e. The number of aromatic amines is 1. The third-order valence-corrected chi connectivity index (χ3v) is 8.48. The molecule has 2 aromatic carbocycles. The fraction of sp³-hybridized carbons (Fsp3) is 0.364. The molecule has 4 atom stereocenters. The van der Waals surface area contributed by atoms with Crippen LogP contribution < -0.4 is 21.9 Å². The standard InChI is InChI=1S/C19H21ClFN3O5.C14H11ClFN3O2/c1-19(2,3)29-18(27)24-8-10(21)7-12(24)17(26)23-14-11-6-9(20)4-5-13(11)28-15(14)16(22)25;15-6-1-2-10-8(3-6)11-12(21-10)14(20)19-13(18-11)9-4-7(16)5-17-9/h4-6,10,12H,7-8H2,1-3H3,(H2,22,25)(H,23,26);1-3,7,9,17H,4-5H2,(H,18,19,20)/t10-,12+;7-,9+/m11/s1. The van der Waals surface area contributed by atoms with E-state index in [1.54, 1.807) is 45.0 Å². The lowest BCUT2D eigenvalue weighted by Gasteiger charge is -2.27. The van der Waals surface area contributed by atoms with E-state index in [9.17, 15) is 28.0 Å². The first-order chi connectivity index (χ1) is 23.6. The smallest absolute Gasteiger partial charge is 0.411 e. The number of hydrogen-bond donors (Lipinski definition) is 4. The van der Waals surface area contributed by atoms with Gasteiger partial charge < -0.3 is 34.9 Å². The molecule has 0 aliphatic carbocycles. The van der Waals surface area contributed by atoms with E-state index in [-0.39, 0.29) is 53.7 Å². The van der Waals surface area contributed by atoms with E-state index in [0.717, 1.165) is 4.90 Å². The number of halogens is 4. The number of hydrogen-bond acceptors (Lipinski definition) is 9. The third kappa shape index (κ3) is 7.25. The number of H-pyrrole nitrogens is 1. The summed E-state index contributed by atoms with van der Waals surface area (Å²) in [6.07, 6.45) is -3.01. The van der Waals surface area contributed by atoms with Crippen LogP contribution in [0.2, 0.25) is 10.0 Å². The Kier molecular flexibility index (Phi) is 9.50. The second-order valence-electron chi connectivity index (χ2n) is 12.9. The molecule has 2 fully saturated rings. The summed E-state index contributed by atoms with van der Waals surface area (Å²) in [5.41, 5.74) is 5.65. The van der Waals surface area contributed by atoms with Gasteiger partial charge in [0.2, 0.25) is 17.3 Å². The molecule has 0 spiro atoms. The number of aromatic nitrogens is 2. The fourth-order valence-electron chi connectivity index (χ4n) is 5.84. The number of primary amides is 1. The first kappa shape index (κ1) is 35.1. The van der Waals surface area contributed by atoms with Gasteiger partial charge in [0.1, 0.15) is 52.2 Å². The van der Waals surface area contributed by atoms with Crippen molar-refractivity contribution in [2.45, 2.75) is 63.6 Å². The molecule has 3 aromatic heterocycles. The molecule has 2 aliphatic heterocycles. The highest BCUT2D eigenvalue weighted by molar-refractivity contribution is 6.32. The van der Waals surface area contributed by atoms with Crippen molar-refractivity contribution in [3.8, 4) is 0 Å². The maximum absolute atomic E-state index is 14.0. The van der Waals surface area contributed by atoms with Crippen molar-refractivity contribution in [2.24, 2.45) is 5.73 Å². The lowest BCUT2D eigenvalue weighted by atomic mass is 10.1. The molecular formula is C33H32Cl2F2N6O7. The van der Waals surface area contributed by atoms with Crippen molar-refractivity contribution in [1.29, 1.82) is 0 Å². The molecule has 2 aliphatic rings. The van der Waals surface area contributed by atoms with E-state index in [0.29, 0.717) is 44.2 Å². The van der Waals surface area contributed by atoms with Crippen molar-refractivity contribution in [2.75, 3.05) is 18.4 Å². The molecule has 13 nitrogen and oxygen atoms in total. The number of carbonyl (C=O) groups excluding carboxylic acids is 3. The van der Waals surface area contributed by atoms with Crippen LogP contribution in [0.25, 0.3) is 33.0 Å². The average Bonchev–Trinajstić information content (AvgIpc) is 3.81. The van der Waals surface area contributed by atoms with Gasteiger partial charge in [-0.25, -0.2) is 18.6 Å². The van der Waals surface area contributed by atoms with E-state index >= 15 is 0 Å². The minimum Gasteiger partial charge on any atom is -0.449 e. The number of likely N-dealkylation sites (tertiary alicyclic amines) is 1. The summed E-state index contributed by atoms with van der Waals surface area (Å²) in [4.78, 5) is 57.3. The number of carbonyl (C=O) groups is 3. The van der Waals surface area contributed by atoms with E-state index in [4.69, 9.17) is 42.5 Å². The van der Waals surface area contributed by atoms with Crippen LogP contribution in [-0.4, -0.2) is 69.9 Å². The van der Waals surface area contributed by atoms with Crippen molar-refractivity contribution < 1.29 is 36.7 Å². The molecule has 0 radical (unpaired) electrons. The van der Waals surface area contributed by atoms with Gasteiger partial charge in [0.25, 0.3) is 11.5 Å². The summed E-state index contributed by atoms with van der Waals surface area (Å²) in [6.45, 7) is 5.01. The number of nitrogens with zero attached hydrogens (tertiary/aromatic N) is 2. The van der Waals surface area contributed by atoms with E-state index in [1.807, 2.05) is 0 Å². The molecule has 5 heterocycles. The Morgan fingerprint density at radius 3 is 2.30 bits per heavy atom. The number of amides is 3. The van der Waals surface area contributed by atoms with E-state index in [2.05, 4.69) is 20.6 Å². The summed E-state index contributed by atoms with van der Waals surface area (Å²) in [7, 11) is 0. The zero-order chi connectivity index (χ0) is 36.1. The highest BCUT2D eigenvalue weighted by Gasteiger charge is 2.42. The Bertz CT molecular complexity index is 2200. The van der Waals surface area contributed by atoms with Crippen LogP contribution in [0.4, 0.5) is 19.3 Å². The lowest BCUT2D eigenvalue weighted by Crippen LogP contribution is -2.45. The molecule has 5 N–H and O–H groups in total. The lowest BCUT2D eigenvalue weighted by molar-refractivity contribution is -0.120. The Labute approximate surface area is 292 Å². The summed E-state index contributed by atoms with van der Waals surface area (Å²) >= 11 is 12.0. The first-order valence-electron chi connectivity index (χ1n) is 15.5. The monoisotopic (exact) mass is 732 g/mol. The molecule has 5 aromatic rings. The van der Waals surface area contributed by atoms with Gasteiger partial charge in [-0.2, -0.15) is 0 Å². The predicted molar refractivity (Wildman–Crippen MR) is 182 cm³/mol. The third-order valence-electron chi connectivity index (χ3n) is 8.01. The maximum Gasteiger partial charge on any atom is 0.411 e. The van der Waals surface area contributed by atoms with Gasteiger partial charge in [-0.3, -0.25) is 19.3 Å². The predicted octanol–water partition coefficient (Wildman–Crippen LogP) is 6.17. The van der Waals surface area contributed by atoms with Crippen molar-refractivity contribution in [3.05, 3.63) is 68.4 Å². The van der Waals surface area contributed by atoms with Crippen LogP contribution in [0.5, 0.6) is 0 Å². The molecule has 0 unspecified atom stereocenters. The summed E-state index contributed by atoms with van der Waals surface area (Å²) in [5, 5.41) is 7.48. The SMILES string of the molecule is CC(C)(C)OC(=O)N1C[C@H](F)C[C@H]1C(=O)Nc1c(C(N)=O)oc2ccc(Cl)cc12.O=c1[nH]c([C@@H]2C[C@@H](F)CN2)nc2c1oc1ccc(Cl)cc12. The Morgan fingerprint density at radius 2 is 1.68 bits per heavy atom. The second kappa shape index (κ2) is 13.5. The normalized spacial score (nSPS) is 20.7. The van der Waals surface area contributed by atoms with Gasteiger partial charge >= 0.3 is 6.09 Å². The quantitative estimate of drug-likeness (QED) is 0.168. The van der Waals surface area contributed by atoms with Crippen molar-refractivity contribution in [1.82, 2.24) is 20.2 Å². The molecule has 17 heteroatoms. The summed E-state index contributed by atoms with van der Waals surface area (Å²) in [5.74, 6) is -1.43. The number of alkyl halides is 2. The number of fused-ring (bicyclic) bond motifs is 4. The van der Waals surface area contributed by atoms with Crippen LogP contribution in [0.1, 0.15) is 56.0 Å². The van der Waals surface area contributed by atoms with Gasteiger partial charge in [0, 0.05) is 40.2 Å². The van der Waals surface area contributed by atoms with Crippen molar-refractivity contribution in [3.63, 3.8) is 0 Å². The van der Waals surface area contributed by atoms with Crippen LogP contribution >= 0.6 is 23.2 Å². The number of nitrogens with two attached hydrogens (primary N) is 1. The number of furan rings is 2. The minimum absolute atomic E-state index is 0.0199. The summed E-state index contributed by atoms with van der Waals surface area (Å²) in [6, 6.07) is 8.27. The van der Waals surface area contributed by atoms with E-state index in [1.165, 1.54) is 12.1 Å². The number of rotatable bonds is 4. The molecule has 0 saturated carbocycles. The molecular weight excluding hydrogens is 701 g/mol. The molecule has 3 amide bonds. The number of benzene rings is 2. The van der Waals surface area contributed by atoms with Gasteiger partial charge in [-0.15, -0.1) is 0 Å². The Morgan fingerprint density at radius 1 is 1.02 bits per heavy atom. The fourth-order valence-corrected chi connectivity index (χ4v) is 6.18. The maximum atomic E-state index is 14.0. The molecule has 50 heavy (non-hydrogen) atoms. The molecule has 7 rings (SSSR count). The molecule has 0 bridgehead atoms. The zero-order valence-electron chi connectivity index (χ0n) is 26.9. The Hall–Kier alpha value is -4.73. The van der Waals surface area contributed by atoms with E-state index < -0.39 is 41.9 Å². The highest BCUT2D eigenvalue weighted by Crippen LogP contribution is 2.34. The first-order valence-corrected chi connectivity index (χ1v) is 16.3. The van der Waals surface area contributed by atoms with Gasteiger partial charge in [-0.1, -0.05) is 23.2 Å². The van der Waals surface area contributed by atoms with Crippen LogP contribution in [-0.2, 0) is 9.53 Å². The minimum atomic E-state index is -1.38. The topological polar surface area (TPSA) is 186 Å². The van der Waals surface area contributed by atoms with Crippen LogP contribution in [0.15, 0.2) is 50.0 Å². The van der Waals surface area contributed by atoms with Gasteiger partial charge in [0.15, 0.2) is 0 Å². The summed E-state index contributed by atoms with van der Waals surface area (Å²) < 4.78 is 43.5. The Balaban J connectivity index is 0.000000181. The van der Waals surface area contributed by atoms with Gasteiger partial charge in [-0.05, 0) is 57.2 Å². The molecule has 2 saturated heterocycles. The van der Waals surface area contributed by atoms with Crippen LogP contribution in [0, 0.1) is 0 Å². The number of ether oxygens (including phenoxy) is 1. The average molecular weight is 734 g/mol. The molecule has 264 valence electrons.